The summed E-state index contributed by atoms with van der Waals surface area (Å²) in [5.41, 5.74) is 1.59. The summed E-state index contributed by atoms with van der Waals surface area (Å²) >= 11 is 0. The van der Waals surface area contributed by atoms with E-state index in [4.69, 9.17) is 9.47 Å². The van der Waals surface area contributed by atoms with Crippen LogP contribution in [0, 0.1) is 18.3 Å². The summed E-state index contributed by atoms with van der Waals surface area (Å²) in [5, 5.41) is 9.34. The van der Waals surface area contributed by atoms with Gasteiger partial charge in [0.2, 0.25) is 10.0 Å². The van der Waals surface area contributed by atoms with E-state index in [0.29, 0.717) is 11.3 Å². The number of rotatable bonds is 6. The van der Waals surface area contributed by atoms with Gasteiger partial charge in [0.05, 0.1) is 20.3 Å². The fourth-order valence-electron chi connectivity index (χ4n) is 2.14. The normalized spacial score (nSPS) is 12.2. The highest BCUT2D eigenvalue weighted by Crippen LogP contribution is 2.29. The maximum atomic E-state index is 12.6. The second-order valence-corrected chi connectivity index (χ2v) is 6.79. The van der Waals surface area contributed by atoms with Crippen LogP contribution in [-0.2, 0) is 10.0 Å². The minimum atomic E-state index is -3.95. The molecule has 0 aliphatic carbocycles. The first-order valence-electron chi connectivity index (χ1n) is 7.12. The van der Waals surface area contributed by atoms with Gasteiger partial charge in [0.15, 0.2) is 0 Å². The number of nitrogens with zero attached hydrogens (tertiary/aromatic N) is 1. The lowest BCUT2D eigenvalue weighted by molar-refractivity contribution is 0.386. The molecule has 0 aromatic heterocycles. The Kier molecular flexibility index (Phi) is 5.44. The van der Waals surface area contributed by atoms with Crippen molar-refractivity contribution >= 4 is 10.0 Å². The molecule has 0 spiro atoms. The fourth-order valence-corrected chi connectivity index (χ4v) is 3.42. The van der Waals surface area contributed by atoms with Gasteiger partial charge in [0.25, 0.3) is 0 Å². The molecule has 2 aromatic carbocycles. The molecule has 0 radical (unpaired) electrons. The van der Waals surface area contributed by atoms with Gasteiger partial charge in [-0.2, -0.15) is 9.98 Å². The second-order valence-electron chi connectivity index (χ2n) is 5.11. The Bertz CT molecular complexity index is 855. The van der Waals surface area contributed by atoms with Gasteiger partial charge in [0, 0.05) is 6.07 Å². The number of benzene rings is 2. The molecule has 1 atom stereocenters. The van der Waals surface area contributed by atoms with Gasteiger partial charge in [-0.05, 0) is 24.6 Å². The third-order valence-corrected chi connectivity index (χ3v) is 4.94. The molecule has 0 saturated carbocycles. The SMILES string of the molecule is COc1ccc(S(=O)(=O)NC(C#N)c2ccc(C)cc2)c(OC)c1. The zero-order valence-electron chi connectivity index (χ0n) is 13.6. The van der Waals surface area contributed by atoms with Crippen LogP contribution in [0.4, 0.5) is 0 Å². The van der Waals surface area contributed by atoms with Crippen LogP contribution in [0.25, 0.3) is 0 Å². The Hall–Kier alpha value is -2.56. The van der Waals surface area contributed by atoms with Crippen molar-refractivity contribution in [3.63, 3.8) is 0 Å². The van der Waals surface area contributed by atoms with E-state index in [2.05, 4.69) is 4.72 Å². The van der Waals surface area contributed by atoms with Gasteiger partial charge >= 0.3 is 0 Å². The molecule has 0 saturated heterocycles. The van der Waals surface area contributed by atoms with Crippen LogP contribution in [0.2, 0.25) is 0 Å². The lowest BCUT2D eigenvalue weighted by atomic mass is 10.1. The summed E-state index contributed by atoms with van der Waals surface area (Å²) in [6.07, 6.45) is 0. The van der Waals surface area contributed by atoms with Gasteiger partial charge in [0.1, 0.15) is 22.4 Å². The molecule has 1 unspecified atom stereocenters. The minimum Gasteiger partial charge on any atom is -0.497 e. The highest BCUT2D eigenvalue weighted by Gasteiger charge is 2.24. The molecule has 0 aliphatic heterocycles. The first-order chi connectivity index (χ1) is 11.4. The quantitative estimate of drug-likeness (QED) is 0.868. The highest BCUT2D eigenvalue weighted by atomic mass is 32.2. The number of ether oxygens (including phenoxy) is 2. The second kappa shape index (κ2) is 7.34. The standard InChI is InChI=1S/C17H18N2O4S/c1-12-4-6-13(7-5-12)15(11-18)19-24(20,21)17-9-8-14(22-2)10-16(17)23-3/h4-10,15,19H,1-3H3. The molecule has 0 heterocycles. The van der Waals surface area contributed by atoms with Crippen molar-refractivity contribution in [3.8, 4) is 17.6 Å². The van der Waals surface area contributed by atoms with Crippen molar-refractivity contribution < 1.29 is 17.9 Å². The summed E-state index contributed by atoms with van der Waals surface area (Å²) in [6, 6.07) is 12.4. The van der Waals surface area contributed by atoms with E-state index in [9.17, 15) is 13.7 Å². The first kappa shape index (κ1) is 17.8. The summed E-state index contributed by atoms with van der Waals surface area (Å²) in [4.78, 5) is -0.0573. The van der Waals surface area contributed by atoms with Crippen LogP contribution in [0.5, 0.6) is 11.5 Å². The Labute approximate surface area is 141 Å². The Morgan fingerprint density at radius 1 is 1.08 bits per heavy atom. The van der Waals surface area contributed by atoms with Crippen molar-refractivity contribution in [1.82, 2.24) is 4.72 Å². The van der Waals surface area contributed by atoms with Crippen molar-refractivity contribution in [3.05, 3.63) is 53.6 Å². The average molecular weight is 346 g/mol. The van der Waals surface area contributed by atoms with Crippen LogP contribution in [0.1, 0.15) is 17.2 Å². The molecule has 0 aliphatic rings. The predicted octanol–water partition coefficient (Wildman–Crippen LogP) is 2.56. The fraction of sp³-hybridized carbons (Fsp3) is 0.235. The smallest absolute Gasteiger partial charge is 0.245 e. The Morgan fingerprint density at radius 3 is 2.29 bits per heavy atom. The lowest BCUT2D eigenvalue weighted by Gasteiger charge is -2.15. The van der Waals surface area contributed by atoms with E-state index in [1.54, 1.807) is 12.1 Å². The van der Waals surface area contributed by atoms with E-state index in [0.717, 1.165) is 5.56 Å². The zero-order chi connectivity index (χ0) is 17.7. The number of hydrogen-bond donors (Lipinski definition) is 1. The summed E-state index contributed by atoms with van der Waals surface area (Å²) < 4.78 is 37.9. The lowest BCUT2D eigenvalue weighted by Crippen LogP contribution is -2.28. The number of nitrogens with one attached hydrogen (secondary N) is 1. The molecule has 0 bridgehead atoms. The molecule has 126 valence electrons. The molecular weight excluding hydrogens is 328 g/mol. The first-order valence-corrected chi connectivity index (χ1v) is 8.60. The molecule has 6 nitrogen and oxygen atoms in total. The van der Waals surface area contributed by atoms with E-state index in [1.807, 2.05) is 25.1 Å². The topological polar surface area (TPSA) is 88.4 Å². The van der Waals surface area contributed by atoms with Crippen molar-refractivity contribution in [2.24, 2.45) is 0 Å². The monoisotopic (exact) mass is 346 g/mol. The van der Waals surface area contributed by atoms with E-state index in [-0.39, 0.29) is 10.6 Å². The summed E-state index contributed by atoms with van der Waals surface area (Å²) in [7, 11) is -1.10. The van der Waals surface area contributed by atoms with Crippen molar-refractivity contribution in [2.75, 3.05) is 14.2 Å². The largest absolute Gasteiger partial charge is 0.497 e. The molecular formula is C17H18N2O4S. The number of hydrogen-bond acceptors (Lipinski definition) is 5. The van der Waals surface area contributed by atoms with Crippen molar-refractivity contribution in [1.29, 1.82) is 5.26 Å². The van der Waals surface area contributed by atoms with Crippen molar-refractivity contribution in [2.45, 2.75) is 17.9 Å². The van der Waals surface area contributed by atoms with Gasteiger partial charge < -0.3 is 9.47 Å². The van der Waals surface area contributed by atoms with Crippen LogP contribution >= 0.6 is 0 Å². The summed E-state index contributed by atoms with van der Waals surface area (Å²) in [5.74, 6) is 0.614. The number of aryl methyl sites for hydroxylation is 1. The molecule has 7 heteroatoms. The van der Waals surface area contributed by atoms with E-state index >= 15 is 0 Å². The molecule has 0 amide bonds. The van der Waals surface area contributed by atoms with Crippen LogP contribution in [0.15, 0.2) is 47.4 Å². The molecule has 2 rings (SSSR count). The molecule has 1 N–H and O–H groups in total. The number of methoxy groups -OCH3 is 2. The van der Waals surface area contributed by atoms with Gasteiger partial charge in [-0.1, -0.05) is 29.8 Å². The number of nitriles is 1. The number of sulfonamides is 1. The Morgan fingerprint density at radius 2 is 1.75 bits per heavy atom. The minimum absolute atomic E-state index is 0.0573. The molecule has 0 fully saturated rings. The third kappa shape index (κ3) is 3.85. The van der Waals surface area contributed by atoms with E-state index < -0.39 is 16.1 Å². The average Bonchev–Trinajstić information content (AvgIpc) is 2.59. The van der Waals surface area contributed by atoms with E-state index in [1.165, 1.54) is 32.4 Å². The third-order valence-electron chi connectivity index (χ3n) is 3.47. The van der Waals surface area contributed by atoms with Crippen LogP contribution in [-0.4, -0.2) is 22.6 Å². The molecule has 2 aromatic rings. The van der Waals surface area contributed by atoms with Gasteiger partial charge in [-0.3, -0.25) is 0 Å². The van der Waals surface area contributed by atoms with Crippen LogP contribution < -0.4 is 14.2 Å². The summed E-state index contributed by atoms with van der Waals surface area (Å²) in [6.45, 7) is 1.91. The maximum Gasteiger partial charge on any atom is 0.245 e. The zero-order valence-corrected chi connectivity index (χ0v) is 14.4. The highest BCUT2D eigenvalue weighted by molar-refractivity contribution is 7.89. The maximum absolute atomic E-state index is 12.6. The van der Waals surface area contributed by atoms with Crippen LogP contribution in [0.3, 0.4) is 0 Å². The Balaban J connectivity index is 2.36. The van der Waals surface area contributed by atoms with Gasteiger partial charge in [-0.15, -0.1) is 0 Å². The molecule has 24 heavy (non-hydrogen) atoms. The predicted molar refractivity (Wildman–Crippen MR) is 89.4 cm³/mol. The van der Waals surface area contributed by atoms with Gasteiger partial charge in [-0.25, -0.2) is 8.42 Å².